The van der Waals surface area contributed by atoms with E-state index in [0.717, 1.165) is 44.9 Å². The highest BCUT2D eigenvalue weighted by atomic mass is 16.3. The van der Waals surface area contributed by atoms with Crippen molar-refractivity contribution in [3.63, 3.8) is 0 Å². The molecule has 198 valence electrons. The highest BCUT2D eigenvalue weighted by Gasteiger charge is 2.17. The Hall–Kier alpha value is -1.39. The molecule has 0 aliphatic heterocycles. The third-order valence-corrected chi connectivity index (χ3v) is 6.10. The average Bonchev–Trinajstić information content (AvgIpc) is 2.84. The van der Waals surface area contributed by atoms with Crippen molar-refractivity contribution >= 4 is 5.91 Å². The Balaban J connectivity index is 3.77. The van der Waals surface area contributed by atoms with Crippen LogP contribution in [0.15, 0.2) is 36.5 Å². The van der Waals surface area contributed by atoms with Crippen molar-refractivity contribution < 1.29 is 15.0 Å². The summed E-state index contributed by atoms with van der Waals surface area (Å²) in [5.41, 5.74) is 0. The van der Waals surface area contributed by atoms with Gasteiger partial charge in [-0.05, 0) is 57.8 Å². The lowest BCUT2D eigenvalue weighted by molar-refractivity contribution is -0.123. The van der Waals surface area contributed by atoms with Crippen LogP contribution in [0.3, 0.4) is 0 Å². The van der Waals surface area contributed by atoms with E-state index in [1.54, 1.807) is 6.08 Å². The third kappa shape index (κ3) is 22.4. The number of rotatable bonds is 24. The van der Waals surface area contributed by atoms with Gasteiger partial charge in [0.1, 0.15) is 0 Å². The second-order valence-electron chi connectivity index (χ2n) is 9.45. The smallest absolute Gasteiger partial charge is 0.220 e. The molecule has 0 aromatic carbocycles. The lowest BCUT2D eigenvalue weighted by atomic mass is 10.1. The minimum absolute atomic E-state index is 0.0903. The molecule has 2 atom stereocenters. The number of amides is 1. The van der Waals surface area contributed by atoms with Crippen LogP contribution in [0.2, 0.25) is 0 Å². The first-order valence-electron chi connectivity index (χ1n) is 14.2. The zero-order valence-electron chi connectivity index (χ0n) is 22.4. The maximum atomic E-state index is 12.2. The van der Waals surface area contributed by atoms with E-state index in [9.17, 15) is 15.0 Å². The van der Waals surface area contributed by atoms with Gasteiger partial charge in [-0.1, -0.05) is 102 Å². The van der Waals surface area contributed by atoms with Gasteiger partial charge in [-0.15, -0.1) is 0 Å². The van der Waals surface area contributed by atoms with Crippen molar-refractivity contribution in [1.82, 2.24) is 5.32 Å². The first-order valence-corrected chi connectivity index (χ1v) is 14.2. The van der Waals surface area contributed by atoms with Gasteiger partial charge in [0.15, 0.2) is 0 Å². The number of nitrogens with one attached hydrogen (secondary N) is 1. The van der Waals surface area contributed by atoms with Crippen LogP contribution in [0.25, 0.3) is 0 Å². The molecule has 0 aromatic rings. The van der Waals surface area contributed by atoms with Crippen LogP contribution in [0, 0.1) is 0 Å². The second-order valence-corrected chi connectivity index (χ2v) is 9.45. The van der Waals surface area contributed by atoms with Gasteiger partial charge >= 0.3 is 0 Å². The third-order valence-electron chi connectivity index (χ3n) is 6.10. The molecule has 4 nitrogen and oxygen atoms in total. The summed E-state index contributed by atoms with van der Waals surface area (Å²) in [6, 6.07) is -0.637. The monoisotopic (exact) mass is 477 g/mol. The maximum Gasteiger partial charge on any atom is 0.220 e. The van der Waals surface area contributed by atoms with Crippen LogP contribution in [0.1, 0.15) is 129 Å². The highest BCUT2D eigenvalue weighted by Crippen LogP contribution is 2.09. The zero-order chi connectivity index (χ0) is 25.1. The van der Waals surface area contributed by atoms with E-state index in [1.807, 2.05) is 6.08 Å². The van der Waals surface area contributed by atoms with E-state index in [4.69, 9.17) is 0 Å². The molecule has 1 amide bonds. The molecule has 2 unspecified atom stereocenters. The summed E-state index contributed by atoms with van der Waals surface area (Å²) < 4.78 is 0. The predicted molar refractivity (Wildman–Crippen MR) is 147 cm³/mol. The van der Waals surface area contributed by atoms with Crippen LogP contribution >= 0.6 is 0 Å². The molecule has 34 heavy (non-hydrogen) atoms. The fraction of sp³-hybridized carbons (Fsp3) is 0.767. The van der Waals surface area contributed by atoms with Gasteiger partial charge in [0, 0.05) is 6.42 Å². The largest absolute Gasteiger partial charge is 0.394 e. The van der Waals surface area contributed by atoms with Gasteiger partial charge < -0.3 is 15.5 Å². The van der Waals surface area contributed by atoms with Gasteiger partial charge in [0.05, 0.1) is 18.8 Å². The van der Waals surface area contributed by atoms with Crippen molar-refractivity contribution in [1.29, 1.82) is 0 Å². The van der Waals surface area contributed by atoms with Crippen molar-refractivity contribution in [3.05, 3.63) is 36.5 Å². The number of aliphatic hydroxyl groups is 2. The van der Waals surface area contributed by atoms with E-state index >= 15 is 0 Å². The summed E-state index contributed by atoms with van der Waals surface area (Å²) in [7, 11) is 0. The van der Waals surface area contributed by atoms with Gasteiger partial charge in [0.2, 0.25) is 5.91 Å². The van der Waals surface area contributed by atoms with Crippen LogP contribution in [0.5, 0.6) is 0 Å². The summed E-state index contributed by atoms with van der Waals surface area (Å²) >= 11 is 0. The van der Waals surface area contributed by atoms with Crippen molar-refractivity contribution in [2.45, 2.75) is 142 Å². The molecular formula is C30H55NO3. The van der Waals surface area contributed by atoms with Crippen molar-refractivity contribution in [2.24, 2.45) is 0 Å². The van der Waals surface area contributed by atoms with Gasteiger partial charge in [-0.2, -0.15) is 0 Å². The molecule has 0 aliphatic carbocycles. The fourth-order valence-corrected chi connectivity index (χ4v) is 3.83. The summed E-state index contributed by atoms with van der Waals surface area (Å²) in [5.74, 6) is -0.0903. The summed E-state index contributed by atoms with van der Waals surface area (Å²) in [6.45, 7) is 4.19. The van der Waals surface area contributed by atoms with Gasteiger partial charge in [0.25, 0.3) is 0 Å². The Bertz CT molecular complexity index is 527. The number of aliphatic hydroxyl groups excluding tert-OH is 2. The van der Waals surface area contributed by atoms with E-state index in [0.29, 0.717) is 6.42 Å². The summed E-state index contributed by atoms with van der Waals surface area (Å²) in [6.07, 6.45) is 32.1. The molecule has 3 N–H and O–H groups in total. The Labute approximate surface area is 211 Å². The fourth-order valence-electron chi connectivity index (χ4n) is 3.83. The Morgan fingerprint density at radius 3 is 1.76 bits per heavy atom. The Kier molecular flexibility index (Phi) is 25.1. The average molecular weight is 478 g/mol. The second kappa shape index (κ2) is 26.2. The molecule has 0 spiro atoms. The number of hydrogen-bond acceptors (Lipinski definition) is 3. The molecule has 4 heteroatoms. The molecule has 0 radical (unpaired) electrons. The van der Waals surface area contributed by atoms with E-state index in [-0.39, 0.29) is 12.5 Å². The van der Waals surface area contributed by atoms with Gasteiger partial charge in [-0.3, -0.25) is 4.79 Å². The summed E-state index contributed by atoms with van der Waals surface area (Å²) in [5, 5.41) is 22.6. The molecule has 0 aliphatic rings. The molecule has 0 heterocycles. The lowest BCUT2D eigenvalue weighted by Gasteiger charge is -2.19. The minimum Gasteiger partial charge on any atom is -0.394 e. The standard InChI is InChI=1S/C30H55NO3/c1-3-5-7-9-11-13-14-15-16-18-20-22-24-26-30(34)31-28(27-32)29(33)25-23-21-19-17-12-10-8-6-4-2/h12-14,17,23,25,28-29,32-33H,3-11,15-16,18-22,24,26-27H2,1-2H3,(H,31,34)/b14-13-,17-12+,25-23+. The minimum atomic E-state index is -0.859. The molecule has 0 rings (SSSR count). The first-order chi connectivity index (χ1) is 16.7. The predicted octanol–water partition coefficient (Wildman–Crippen LogP) is 7.55. The lowest BCUT2D eigenvalue weighted by Crippen LogP contribution is -2.45. The van der Waals surface area contributed by atoms with Crippen LogP contribution in [0.4, 0.5) is 0 Å². The molecule has 0 saturated heterocycles. The number of allylic oxidation sites excluding steroid dienone is 5. The SMILES string of the molecule is CCCCC/C=C/CC/C=C/C(O)C(CO)NC(=O)CCCCCCC/C=C\CCCCCC. The zero-order valence-corrected chi connectivity index (χ0v) is 22.4. The van der Waals surface area contributed by atoms with E-state index in [1.165, 1.54) is 64.2 Å². The van der Waals surface area contributed by atoms with Crippen LogP contribution < -0.4 is 5.32 Å². The van der Waals surface area contributed by atoms with Gasteiger partial charge in [-0.25, -0.2) is 0 Å². The Morgan fingerprint density at radius 1 is 0.676 bits per heavy atom. The van der Waals surface area contributed by atoms with E-state index in [2.05, 4.69) is 43.5 Å². The maximum absolute atomic E-state index is 12.2. The van der Waals surface area contributed by atoms with Crippen LogP contribution in [-0.4, -0.2) is 34.9 Å². The van der Waals surface area contributed by atoms with E-state index < -0.39 is 12.1 Å². The number of unbranched alkanes of at least 4 members (excludes halogenated alkanes) is 13. The summed E-state index contributed by atoms with van der Waals surface area (Å²) in [4.78, 5) is 12.2. The first kappa shape index (κ1) is 32.6. The molecular weight excluding hydrogens is 422 g/mol. The number of carbonyl (C=O) groups is 1. The molecule has 0 fully saturated rings. The highest BCUT2D eigenvalue weighted by molar-refractivity contribution is 5.76. The van der Waals surface area contributed by atoms with Crippen molar-refractivity contribution in [2.75, 3.05) is 6.61 Å². The quantitative estimate of drug-likeness (QED) is 0.0992. The number of carbonyl (C=O) groups excluding carboxylic acids is 1. The van der Waals surface area contributed by atoms with Crippen molar-refractivity contribution in [3.8, 4) is 0 Å². The van der Waals surface area contributed by atoms with Crippen LogP contribution in [-0.2, 0) is 4.79 Å². The molecule has 0 saturated carbocycles. The Morgan fingerprint density at radius 2 is 1.15 bits per heavy atom. The molecule has 0 bridgehead atoms. The molecule has 0 aromatic heterocycles. The number of hydrogen-bond donors (Lipinski definition) is 3. The topological polar surface area (TPSA) is 69.6 Å². The normalized spacial score (nSPS) is 13.9.